The molecule has 158 valence electrons. The van der Waals surface area contributed by atoms with E-state index in [1.54, 1.807) is 26.1 Å². The number of aromatic nitrogens is 2. The van der Waals surface area contributed by atoms with Crippen molar-refractivity contribution in [2.24, 2.45) is 0 Å². The van der Waals surface area contributed by atoms with E-state index in [4.69, 9.17) is 11.6 Å². The van der Waals surface area contributed by atoms with Gasteiger partial charge in [0.2, 0.25) is 0 Å². The van der Waals surface area contributed by atoms with Gasteiger partial charge in [-0.15, -0.1) is 0 Å². The maximum Gasteiger partial charge on any atom is 0.189 e. The summed E-state index contributed by atoms with van der Waals surface area (Å²) in [7, 11) is -3.36. The molecule has 0 aliphatic heterocycles. The Morgan fingerprint density at radius 1 is 1.00 bits per heavy atom. The van der Waals surface area contributed by atoms with Gasteiger partial charge in [-0.05, 0) is 54.8 Å². The first-order valence-corrected chi connectivity index (χ1v) is 11.9. The molecule has 0 bridgehead atoms. The van der Waals surface area contributed by atoms with E-state index in [-0.39, 0.29) is 0 Å². The summed E-state index contributed by atoms with van der Waals surface area (Å²) in [6.07, 6.45) is 5.74. The Morgan fingerprint density at radius 2 is 1.71 bits per heavy atom. The van der Waals surface area contributed by atoms with Gasteiger partial charge in [-0.3, -0.25) is 4.98 Å². The van der Waals surface area contributed by atoms with Crippen molar-refractivity contribution in [1.82, 2.24) is 4.98 Å². The zero-order valence-corrected chi connectivity index (χ0v) is 18.9. The fraction of sp³-hybridized carbons (Fsp3) is 0.167. The quantitative estimate of drug-likeness (QED) is 0.317. The van der Waals surface area contributed by atoms with Crippen LogP contribution in [0.4, 0.5) is 0 Å². The zero-order chi connectivity index (χ0) is 22.4. The van der Waals surface area contributed by atoms with Gasteiger partial charge in [-0.1, -0.05) is 35.9 Å². The maximum atomic E-state index is 12.5. The van der Waals surface area contributed by atoms with E-state index in [0.29, 0.717) is 20.9 Å². The first kappa shape index (κ1) is 21.3. The van der Waals surface area contributed by atoms with Gasteiger partial charge in [0.15, 0.2) is 22.2 Å². The van der Waals surface area contributed by atoms with Gasteiger partial charge in [0.1, 0.15) is 0 Å². The van der Waals surface area contributed by atoms with E-state index < -0.39 is 14.6 Å². The number of pyridine rings is 2. The highest BCUT2D eigenvalue weighted by atomic mass is 35.5. The molecule has 0 saturated carbocycles. The SMILES string of the molecule is CC(C)(c1cc(-c2cccc(-c3c[n+]([O-])ccc3Cl)c2)c2ncccc2c1)S(C)(=O)=O. The predicted octanol–water partition coefficient (Wildman–Crippen LogP) is 5.14. The lowest BCUT2D eigenvalue weighted by Gasteiger charge is -2.24. The van der Waals surface area contributed by atoms with Crippen LogP contribution in [0.2, 0.25) is 5.02 Å². The summed E-state index contributed by atoms with van der Waals surface area (Å²) < 4.78 is 24.6. The van der Waals surface area contributed by atoms with Crippen LogP contribution in [0, 0.1) is 5.21 Å². The third-order valence-corrected chi connectivity index (χ3v) is 8.11. The van der Waals surface area contributed by atoms with Crippen LogP contribution in [0.3, 0.4) is 0 Å². The van der Waals surface area contributed by atoms with Crippen LogP contribution in [0.5, 0.6) is 0 Å². The third-order valence-electron chi connectivity index (χ3n) is 5.69. The van der Waals surface area contributed by atoms with E-state index in [1.165, 1.54) is 18.6 Å². The summed E-state index contributed by atoms with van der Waals surface area (Å²) >= 11 is 6.33. The summed E-state index contributed by atoms with van der Waals surface area (Å²) in [5.41, 5.74) is 4.52. The second-order valence-corrected chi connectivity index (χ2v) is 11.0. The highest BCUT2D eigenvalue weighted by Crippen LogP contribution is 2.37. The van der Waals surface area contributed by atoms with Crippen molar-refractivity contribution >= 4 is 32.3 Å². The van der Waals surface area contributed by atoms with E-state index in [2.05, 4.69) is 4.98 Å². The Balaban J connectivity index is 1.98. The van der Waals surface area contributed by atoms with Gasteiger partial charge < -0.3 is 5.21 Å². The smallest absolute Gasteiger partial charge is 0.189 e. The molecule has 0 fully saturated rings. The number of hydrogen-bond donors (Lipinski definition) is 0. The molecule has 0 atom stereocenters. The molecule has 4 rings (SSSR count). The Labute approximate surface area is 186 Å². The Morgan fingerprint density at radius 3 is 2.42 bits per heavy atom. The molecular formula is C24H21ClN2O3S. The number of halogens is 1. The maximum absolute atomic E-state index is 12.5. The number of sulfone groups is 1. The normalized spacial score (nSPS) is 12.3. The lowest BCUT2D eigenvalue weighted by atomic mass is 9.92. The number of fused-ring (bicyclic) bond motifs is 1. The van der Waals surface area contributed by atoms with Crippen molar-refractivity contribution in [2.45, 2.75) is 18.6 Å². The molecule has 2 heterocycles. The lowest BCUT2D eigenvalue weighted by Crippen LogP contribution is -2.28. The molecule has 0 spiro atoms. The summed E-state index contributed by atoms with van der Waals surface area (Å²) in [5, 5.41) is 13.1. The fourth-order valence-corrected chi connectivity index (χ4v) is 4.26. The topological polar surface area (TPSA) is 74.0 Å². The van der Waals surface area contributed by atoms with Gasteiger partial charge in [0, 0.05) is 29.5 Å². The van der Waals surface area contributed by atoms with E-state index in [0.717, 1.165) is 27.6 Å². The molecular weight excluding hydrogens is 432 g/mol. The van der Waals surface area contributed by atoms with Gasteiger partial charge in [-0.2, -0.15) is 4.73 Å². The van der Waals surface area contributed by atoms with Crippen molar-refractivity contribution in [3.8, 4) is 22.3 Å². The molecule has 7 heteroatoms. The first-order valence-electron chi connectivity index (χ1n) is 9.66. The summed E-state index contributed by atoms with van der Waals surface area (Å²) in [5.74, 6) is 0. The average molecular weight is 453 g/mol. The van der Waals surface area contributed by atoms with Crippen LogP contribution in [0.15, 0.2) is 73.2 Å². The molecule has 0 radical (unpaired) electrons. The van der Waals surface area contributed by atoms with Crippen LogP contribution in [0.1, 0.15) is 19.4 Å². The molecule has 0 aliphatic rings. The largest absolute Gasteiger partial charge is 0.619 e. The fourth-order valence-electron chi connectivity index (χ4n) is 3.50. The minimum Gasteiger partial charge on any atom is -0.619 e. The van der Waals surface area contributed by atoms with Crippen molar-refractivity contribution in [1.29, 1.82) is 0 Å². The lowest BCUT2D eigenvalue weighted by molar-refractivity contribution is -0.604. The third kappa shape index (κ3) is 3.89. The molecule has 2 aromatic carbocycles. The van der Waals surface area contributed by atoms with Crippen molar-refractivity contribution in [2.75, 3.05) is 6.26 Å². The van der Waals surface area contributed by atoms with Gasteiger partial charge in [-0.25, -0.2) is 8.42 Å². The molecule has 0 aliphatic carbocycles. The second-order valence-electron chi connectivity index (χ2n) is 8.03. The van der Waals surface area contributed by atoms with E-state index in [9.17, 15) is 13.6 Å². The molecule has 5 nitrogen and oxygen atoms in total. The van der Waals surface area contributed by atoms with Gasteiger partial charge in [0.25, 0.3) is 0 Å². The Kier molecular flexibility index (Phi) is 5.23. The highest BCUT2D eigenvalue weighted by molar-refractivity contribution is 7.91. The van der Waals surface area contributed by atoms with E-state index in [1.807, 2.05) is 48.5 Å². The van der Waals surface area contributed by atoms with Crippen LogP contribution < -0.4 is 4.73 Å². The standard InChI is InChI=1S/C24H21ClN2O3S/c1-24(2,31(3,29)30)19-13-18-8-5-10-26-23(18)20(14-19)16-6-4-7-17(12-16)21-15-27(28)11-9-22(21)25/h4-15H,1-3H3. The van der Waals surface area contributed by atoms with Crippen molar-refractivity contribution in [3.05, 3.63) is 89.0 Å². The molecule has 31 heavy (non-hydrogen) atoms. The molecule has 2 aromatic heterocycles. The van der Waals surface area contributed by atoms with E-state index >= 15 is 0 Å². The molecule has 0 amide bonds. The van der Waals surface area contributed by atoms with Crippen molar-refractivity contribution < 1.29 is 13.1 Å². The summed E-state index contributed by atoms with van der Waals surface area (Å²) in [6.45, 7) is 3.41. The van der Waals surface area contributed by atoms with Crippen molar-refractivity contribution in [3.63, 3.8) is 0 Å². The summed E-state index contributed by atoms with van der Waals surface area (Å²) in [4.78, 5) is 4.55. The second kappa shape index (κ2) is 7.62. The number of nitrogens with zero attached hydrogens (tertiary/aromatic N) is 2. The van der Waals surface area contributed by atoms with Crippen LogP contribution in [-0.4, -0.2) is 19.7 Å². The highest BCUT2D eigenvalue weighted by Gasteiger charge is 2.33. The number of benzene rings is 2. The van der Waals surface area contributed by atoms with Crippen LogP contribution >= 0.6 is 11.6 Å². The molecule has 4 aromatic rings. The van der Waals surface area contributed by atoms with Gasteiger partial charge in [0.05, 0.1) is 20.8 Å². The monoisotopic (exact) mass is 452 g/mol. The summed E-state index contributed by atoms with van der Waals surface area (Å²) in [6, 6.07) is 16.7. The Bertz CT molecular complexity index is 1420. The predicted molar refractivity (Wildman–Crippen MR) is 124 cm³/mol. The Hall–Kier alpha value is -2.96. The molecule has 0 saturated heterocycles. The average Bonchev–Trinajstić information content (AvgIpc) is 2.74. The number of hydrogen-bond acceptors (Lipinski definition) is 4. The minimum atomic E-state index is -3.36. The van der Waals surface area contributed by atoms with Gasteiger partial charge >= 0.3 is 0 Å². The molecule has 0 N–H and O–H groups in total. The molecule has 0 unspecified atom stereocenters. The minimum absolute atomic E-state index is 0.471. The van der Waals surface area contributed by atoms with Crippen LogP contribution in [0.25, 0.3) is 33.2 Å². The first-order chi connectivity index (χ1) is 14.6. The van der Waals surface area contributed by atoms with Crippen LogP contribution in [-0.2, 0) is 14.6 Å². The number of rotatable bonds is 4. The zero-order valence-electron chi connectivity index (χ0n) is 17.3.